The monoisotopic (exact) mass is 431 g/mol. The summed E-state index contributed by atoms with van der Waals surface area (Å²) in [6.07, 6.45) is 5.00. The second kappa shape index (κ2) is 9.96. The number of benzene rings is 2. The molecule has 32 heavy (non-hydrogen) atoms. The highest BCUT2D eigenvalue weighted by molar-refractivity contribution is 5.93. The van der Waals surface area contributed by atoms with Gasteiger partial charge in [0.05, 0.1) is 5.56 Å². The Morgan fingerprint density at radius 3 is 2.19 bits per heavy atom. The lowest BCUT2D eigenvalue weighted by molar-refractivity contribution is -0.137. The van der Waals surface area contributed by atoms with Crippen molar-refractivity contribution in [2.45, 2.75) is 12.8 Å². The predicted octanol–water partition coefficient (Wildman–Crippen LogP) is 3.51. The van der Waals surface area contributed by atoms with E-state index in [4.69, 9.17) is 4.74 Å². The summed E-state index contributed by atoms with van der Waals surface area (Å²) in [6, 6.07) is 20.2. The number of rotatable bonds is 6. The lowest BCUT2D eigenvalue weighted by Gasteiger charge is -2.31. The van der Waals surface area contributed by atoms with E-state index >= 15 is 0 Å². The van der Waals surface area contributed by atoms with Crippen molar-refractivity contribution in [3.8, 4) is 5.69 Å². The van der Waals surface area contributed by atoms with Crippen LogP contribution >= 0.6 is 0 Å². The van der Waals surface area contributed by atoms with Crippen molar-refractivity contribution in [1.29, 1.82) is 0 Å². The molecule has 0 saturated carbocycles. The fraction of sp³-hybridized carbons (Fsp3) is 0.240. The van der Waals surface area contributed by atoms with Crippen LogP contribution in [0, 0.1) is 5.92 Å². The van der Waals surface area contributed by atoms with Gasteiger partial charge in [0.15, 0.2) is 6.61 Å². The highest BCUT2D eigenvalue weighted by atomic mass is 16.5. The second-order valence-electron chi connectivity index (χ2n) is 7.72. The maximum absolute atomic E-state index is 12.5. The van der Waals surface area contributed by atoms with Crippen LogP contribution in [-0.4, -0.2) is 46.9 Å². The van der Waals surface area contributed by atoms with Crippen LogP contribution in [0.4, 0.5) is 5.69 Å². The molecule has 7 nitrogen and oxygen atoms in total. The quantitative estimate of drug-likeness (QED) is 0.606. The lowest BCUT2D eigenvalue weighted by Crippen LogP contribution is -2.43. The van der Waals surface area contributed by atoms with Crippen LogP contribution in [-0.2, 0) is 14.3 Å². The Bertz CT molecular complexity index is 1050. The van der Waals surface area contributed by atoms with Crippen LogP contribution in [0.5, 0.6) is 0 Å². The van der Waals surface area contributed by atoms with Crippen LogP contribution in [0.3, 0.4) is 0 Å². The van der Waals surface area contributed by atoms with Crippen molar-refractivity contribution in [3.05, 3.63) is 84.7 Å². The number of para-hydroxylation sites is 1. The molecule has 0 bridgehead atoms. The molecule has 1 saturated heterocycles. The molecular formula is C25H25N3O4. The van der Waals surface area contributed by atoms with Gasteiger partial charge < -0.3 is 19.5 Å². The predicted molar refractivity (Wildman–Crippen MR) is 120 cm³/mol. The minimum absolute atomic E-state index is 0.0296. The van der Waals surface area contributed by atoms with Crippen LogP contribution < -0.4 is 5.32 Å². The molecule has 1 fully saturated rings. The van der Waals surface area contributed by atoms with E-state index in [2.05, 4.69) is 5.32 Å². The zero-order valence-corrected chi connectivity index (χ0v) is 17.6. The number of aromatic nitrogens is 1. The van der Waals surface area contributed by atoms with Crippen molar-refractivity contribution in [3.63, 3.8) is 0 Å². The average Bonchev–Trinajstić information content (AvgIpc) is 3.38. The standard InChI is InChI=1S/C25H25N3O4/c29-23(18-32-25(31)20-8-10-22(11-9-20)27-14-4-5-15-27)28-16-12-19(13-17-28)24(30)26-21-6-2-1-3-7-21/h1-11,14-15,19H,12-13,16-18H2,(H,26,30). The number of nitrogens with zero attached hydrogens (tertiary/aromatic N) is 2. The van der Waals surface area contributed by atoms with Crippen molar-refractivity contribution in [2.75, 3.05) is 25.0 Å². The molecule has 2 amide bonds. The molecule has 1 aromatic heterocycles. The Labute approximate surface area is 186 Å². The molecule has 1 aliphatic rings. The summed E-state index contributed by atoms with van der Waals surface area (Å²) in [6.45, 7) is 0.628. The van der Waals surface area contributed by atoms with E-state index in [1.807, 2.05) is 71.6 Å². The Hall–Kier alpha value is -3.87. The molecule has 0 unspecified atom stereocenters. The molecule has 0 spiro atoms. The van der Waals surface area contributed by atoms with Crippen LogP contribution in [0.25, 0.3) is 5.69 Å². The fourth-order valence-electron chi connectivity index (χ4n) is 3.74. The molecule has 3 aromatic rings. The van der Waals surface area contributed by atoms with Gasteiger partial charge in [0.25, 0.3) is 5.91 Å². The van der Waals surface area contributed by atoms with Gasteiger partial charge in [-0.1, -0.05) is 18.2 Å². The van der Waals surface area contributed by atoms with Gasteiger partial charge in [0.1, 0.15) is 0 Å². The van der Waals surface area contributed by atoms with Crippen molar-refractivity contribution < 1.29 is 19.1 Å². The van der Waals surface area contributed by atoms with Gasteiger partial charge in [-0.05, 0) is 61.4 Å². The number of likely N-dealkylation sites (tertiary alicyclic amines) is 1. The highest BCUT2D eigenvalue weighted by Gasteiger charge is 2.27. The van der Waals surface area contributed by atoms with E-state index in [1.165, 1.54) is 0 Å². The first kappa shape index (κ1) is 21.4. The number of piperidine rings is 1. The summed E-state index contributed by atoms with van der Waals surface area (Å²) in [5, 5.41) is 2.91. The number of hydrogen-bond donors (Lipinski definition) is 1. The molecule has 4 rings (SSSR count). The first-order valence-corrected chi connectivity index (χ1v) is 10.6. The molecule has 1 aliphatic heterocycles. The van der Waals surface area contributed by atoms with Gasteiger partial charge in [-0.25, -0.2) is 4.79 Å². The third-order valence-electron chi connectivity index (χ3n) is 5.59. The molecule has 164 valence electrons. The van der Waals surface area contributed by atoms with Gasteiger partial charge in [-0.15, -0.1) is 0 Å². The maximum atomic E-state index is 12.5. The third kappa shape index (κ3) is 5.24. The van der Waals surface area contributed by atoms with E-state index in [1.54, 1.807) is 17.0 Å². The SMILES string of the molecule is O=C(OCC(=O)N1CCC(C(=O)Nc2ccccc2)CC1)c1ccc(-n2cccc2)cc1. The Morgan fingerprint density at radius 1 is 0.875 bits per heavy atom. The summed E-state index contributed by atoms with van der Waals surface area (Å²) in [5.74, 6) is -0.947. The molecule has 0 aliphatic carbocycles. The first-order chi connectivity index (χ1) is 15.6. The molecule has 7 heteroatoms. The number of carbonyl (C=O) groups excluding carboxylic acids is 3. The normalized spacial score (nSPS) is 14.1. The summed E-state index contributed by atoms with van der Waals surface area (Å²) >= 11 is 0. The van der Waals surface area contributed by atoms with E-state index < -0.39 is 5.97 Å². The lowest BCUT2D eigenvalue weighted by atomic mass is 9.95. The van der Waals surface area contributed by atoms with Gasteiger partial charge in [0, 0.05) is 42.8 Å². The van der Waals surface area contributed by atoms with Gasteiger partial charge >= 0.3 is 5.97 Å². The summed E-state index contributed by atoms with van der Waals surface area (Å²) in [5.41, 5.74) is 2.09. The molecule has 1 N–H and O–H groups in total. The van der Waals surface area contributed by atoms with Crippen LogP contribution in [0.15, 0.2) is 79.1 Å². The number of carbonyl (C=O) groups is 3. The first-order valence-electron chi connectivity index (χ1n) is 10.6. The van der Waals surface area contributed by atoms with E-state index in [-0.39, 0.29) is 24.3 Å². The molecule has 2 aromatic carbocycles. The summed E-state index contributed by atoms with van der Waals surface area (Å²) in [7, 11) is 0. The Morgan fingerprint density at radius 2 is 1.53 bits per heavy atom. The molecular weight excluding hydrogens is 406 g/mol. The van der Waals surface area contributed by atoms with Crippen molar-refractivity contribution in [1.82, 2.24) is 9.47 Å². The van der Waals surface area contributed by atoms with Crippen LogP contribution in [0.1, 0.15) is 23.2 Å². The number of esters is 1. The zero-order chi connectivity index (χ0) is 22.3. The van der Waals surface area contributed by atoms with Crippen molar-refractivity contribution in [2.24, 2.45) is 5.92 Å². The minimum atomic E-state index is -0.533. The van der Waals surface area contributed by atoms with Gasteiger partial charge in [-0.3, -0.25) is 9.59 Å². The fourth-order valence-corrected chi connectivity index (χ4v) is 3.74. The minimum Gasteiger partial charge on any atom is -0.452 e. The molecule has 0 radical (unpaired) electrons. The van der Waals surface area contributed by atoms with E-state index in [0.717, 1.165) is 11.4 Å². The zero-order valence-electron chi connectivity index (χ0n) is 17.6. The number of nitrogens with one attached hydrogen (secondary N) is 1. The van der Waals surface area contributed by atoms with E-state index in [0.29, 0.717) is 31.5 Å². The van der Waals surface area contributed by atoms with E-state index in [9.17, 15) is 14.4 Å². The van der Waals surface area contributed by atoms with Crippen LogP contribution in [0.2, 0.25) is 0 Å². The number of ether oxygens (including phenoxy) is 1. The second-order valence-corrected chi connectivity index (χ2v) is 7.72. The number of amides is 2. The summed E-state index contributed by atoms with van der Waals surface area (Å²) in [4.78, 5) is 38.8. The largest absolute Gasteiger partial charge is 0.452 e. The van der Waals surface area contributed by atoms with Crippen molar-refractivity contribution >= 4 is 23.5 Å². The van der Waals surface area contributed by atoms with Gasteiger partial charge in [-0.2, -0.15) is 0 Å². The molecule has 2 heterocycles. The molecule has 0 atom stereocenters. The number of anilines is 1. The summed E-state index contributed by atoms with van der Waals surface area (Å²) < 4.78 is 7.14. The highest BCUT2D eigenvalue weighted by Crippen LogP contribution is 2.20. The third-order valence-corrected chi connectivity index (χ3v) is 5.59. The average molecular weight is 431 g/mol. The Balaban J connectivity index is 1.22. The number of hydrogen-bond acceptors (Lipinski definition) is 4. The topological polar surface area (TPSA) is 80.6 Å². The van der Waals surface area contributed by atoms with Gasteiger partial charge in [0.2, 0.25) is 5.91 Å². The maximum Gasteiger partial charge on any atom is 0.338 e. The smallest absolute Gasteiger partial charge is 0.338 e. The Kier molecular flexibility index (Phi) is 6.65.